The molecule has 0 unspecified atom stereocenters. The van der Waals surface area contributed by atoms with E-state index < -0.39 is 0 Å². The average molecular weight is 256 g/mol. The SMILES string of the molecule is Cc1ccnc(Oc2ccc(C(C)(C)C)cc2C)n1. The van der Waals surface area contributed by atoms with Gasteiger partial charge in [-0.1, -0.05) is 32.9 Å². The number of benzene rings is 1. The molecule has 0 saturated carbocycles. The van der Waals surface area contributed by atoms with E-state index in [0.29, 0.717) is 6.01 Å². The third kappa shape index (κ3) is 3.31. The summed E-state index contributed by atoms with van der Waals surface area (Å²) in [7, 11) is 0. The van der Waals surface area contributed by atoms with E-state index >= 15 is 0 Å². The molecule has 2 aromatic rings. The molecule has 3 nitrogen and oxygen atoms in total. The van der Waals surface area contributed by atoms with Crippen molar-refractivity contribution in [2.24, 2.45) is 0 Å². The molecule has 0 fully saturated rings. The number of aromatic nitrogens is 2. The molecular weight excluding hydrogens is 236 g/mol. The second kappa shape index (κ2) is 5.00. The van der Waals surface area contributed by atoms with Crippen molar-refractivity contribution in [3.8, 4) is 11.8 Å². The molecule has 0 aliphatic rings. The first kappa shape index (κ1) is 13.5. The van der Waals surface area contributed by atoms with Crippen molar-refractivity contribution >= 4 is 0 Å². The van der Waals surface area contributed by atoms with Gasteiger partial charge in [-0.3, -0.25) is 0 Å². The van der Waals surface area contributed by atoms with E-state index in [1.807, 2.05) is 26.0 Å². The maximum absolute atomic E-state index is 5.74. The highest BCUT2D eigenvalue weighted by Gasteiger charge is 2.15. The van der Waals surface area contributed by atoms with Crippen molar-refractivity contribution in [3.05, 3.63) is 47.3 Å². The zero-order chi connectivity index (χ0) is 14.0. The van der Waals surface area contributed by atoms with Crippen molar-refractivity contribution in [2.45, 2.75) is 40.0 Å². The Morgan fingerprint density at radius 3 is 2.37 bits per heavy atom. The highest BCUT2D eigenvalue weighted by atomic mass is 16.5. The van der Waals surface area contributed by atoms with Gasteiger partial charge in [-0.15, -0.1) is 0 Å². The molecule has 0 N–H and O–H groups in total. The van der Waals surface area contributed by atoms with Gasteiger partial charge in [-0.2, -0.15) is 0 Å². The van der Waals surface area contributed by atoms with Crippen LogP contribution in [-0.2, 0) is 5.41 Å². The Morgan fingerprint density at radius 2 is 1.79 bits per heavy atom. The van der Waals surface area contributed by atoms with Crippen LogP contribution in [0.1, 0.15) is 37.6 Å². The summed E-state index contributed by atoms with van der Waals surface area (Å²) in [6.45, 7) is 10.6. The Labute approximate surface area is 114 Å². The Morgan fingerprint density at radius 1 is 1.05 bits per heavy atom. The van der Waals surface area contributed by atoms with Crippen LogP contribution in [0, 0.1) is 13.8 Å². The Hall–Kier alpha value is -1.90. The summed E-state index contributed by atoms with van der Waals surface area (Å²) in [5.41, 5.74) is 3.43. The molecule has 2 rings (SSSR count). The van der Waals surface area contributed by atoms with Crippen LogP contribution in [0.3, 0.4) is 0 Å². The molecule has 0 aliphatic heterocycles. The van der Waals surface area contributed by atoms with Crippen molar-refractivity contribution < 1.29 is 4.74 Å². The summed E-state index contributed by atoms with van der Waals surface area (Å²) in [6.07, 6.45) is 1.70. The minimum absolute atomic E-state index is 0.142. The van der Waals surface area contributed by atoms with Gasteiger partial charge in [0.15, 0.2) is 0 Å². The number of hydrogen-bond donors (Lipinski definition) is 0. The van der Waals surface area contributed by atoms with Gasteiger partial charge < -0.3 is 4.74 Å². The van der Waals surface area contributed by atoms with Crippen LogP contribution in [-0.4, -0.2) is 9.97 Å². The second-order valence-corrected chi connectivity index (χ2v) is 5.81. The summed E-state index contributed by atoms with van der Waals surface area (Å²) in [6, 6.07) is 8.49. The zero-order valence-corrected chi connectivity index (χ0v) is 12.2. The Balaban J connectivity index is 2.27. The average Bonchev–Trinajstić information content (AvgIpc) is 2.30. The third-order valence-corrected chi connectivity index (χ3v) is 3.01. The Kier molecular flexibility index (Phi) is 3.56. The fourth-order valence-corrected chi connectivity index (χ4v) is 1.80. The van der Waals surface area contributed by atoms with E-state index in [1.165, 1.54) is 5.56 Å². The van der Waals surface area contributed by atoms with Gasteiger partial charge in [0.2, 0.25) is 0 Å². The van der Waals surface area contributed by atoms with Gasteiger partial charge in [-0.25, -0.2) is 9.97 Å². The van der Waals surface area contributed by atoms with Crippen LogP contribution >= 0.6 is 0 Å². The van der Waals surface area contributed by atoms with Gasteiger partial charge in [0.25, 0.3) is 0 Å². The van der Waals surface area contributed by atoms with Gasteiger partial charge in [-0.05, 0) is 42.5 Å². The molecule has 0 spiro atoms. The van der Waals surface area contributed by atoms with E-state index in [-0.39, 0.29) is 5.41 Å². The molecule has 0 atom stereocenters. The minimum atomic E-state index is 0.142. The lowest BCUT2D eigenvalue weighted by molar-refractivity contribution is 0.436. The van der Waals surface area contributed by atoms with E-state index in [2.05, 4.69) is 42.9 Å². The molecule has 0 saturated heterocycles. The van der Waals surface area contributed by atoms with Gasteiger partial charge in [0.1, 0.15) is 5.75 Å². The first-order chi connectivity index (χ1) is 8.86. The first-order valence-electron chi connectivity index (χ1n) is 6.45. The van der Waals surface area contributed by atoms with Gasteiger partial charge in [0.05, 0.1) is 0 Å². The molecule has 0 amide bonds. The van der Waals surface area contributed by atoms with Gasteiger partial charge >= 0.3 is 6.01 Å². The topological polar surface area (TPSA) is 35.0 Å². The molecule has 0 radical (unpaired) electrons. The number of rotatable bonds is 2. The monoisotopic (exact) mass is 256 g/mol. The van der Waals surface area contributed by atoms with Crippen molar-refractivity contribution in [3.63, 3.8) is 0 Å². The standard InChI is InChI=1S/C16H20N2O/c1-11-10-13(16(3,4)5)6-7-14(11)19-15-17-9-8-12(2)18-15/h6-10H,1-5H3. The highest BCUT2D eigenvalue weighted by molar-refractivity contribution is 5.39. The van der Waals surface area contributed by atoms with E-state index in [0.717, 1.165) is 17.0 Å². The van der Waals surface area contributed by atoms with E-state index in [9.17, 15) is 0 Å². The predicted molar refractivity (Wildman–Crippen MR) is 76.7 cm³/mol. The summed E-state index contributed by atoms with van der Waals surface area (Å²) >= 11 is 0. The maximum Gasteiger partial charge on any atom is 0.322 e. The van der Waals surface area contributed by atoms with Crippen molar-refractivity contribution in [2.75, 3.05) is 0 Å². The molecule has 1 aromatic heterocycles. The number of hydrogen-bond acceptors (Lipinski definition) is 3. The molecule has 0 aliphatic carbocycles. The molecule has 1 aromatic carbocycles. The summed E-state index contributed by atoms with van der Waals surface area (Å²) in [5.74, 6) is 0.804. The molecule has 19 heavy (non-hydrogen) atoms. The highest BCUT2D eigenvalue weighted by Crippen LogP contribution is 2.29. The molecule has 100 valence electrons. The van der Waals surface area contributed by atoms with Crippen LogP contribution in [0.4, 0.5) is 0 Å². The zero-order valence-electron chi connectivity index (χ0n) is 12.2. The molecule has 1 heterocycles. The summed E-state index contributed by atoms with van der Waals surface area (Å²) in [4.78, 5) is 8.36. The van der Waals surface area contributed by atoms with Crippen LogP contribution in [0.25, 0.3) is 0 Å². The number of aryl methyl sites for hydroxylation is 2. The normalized spacial score (nSPS) is 11.4. The largest absolute Gasteiger partial charge is 0.424 e. The predicted octanol–water partition coefficient (Wildman–Crippen LogP) is 4.18. The van der Waals surface area contributed by atoms with Crippen LogP contribution in [0.2, 0.25) is 0 Å². The lowest BCUT2D eigenvalue weighted by Crippen LogP contribution is -2.11. The fourth-order valence-electron chi connectivity index (χ4n) is 1.80. The fraction of sp³-hybridized carbons (Fsp3) is 0.375. The molecule has 3 heteroatoms. The molecular formula is C16H20N2O. The summed E-state index contributed by atoms with van der Waals surface area (Å²) < 4.78 is 5.74. The van der Waals surface area contributed by atoms with Crippen LogP contribution in [0.15, 0.2) is 30.5 Å². The lowest BCUT2D eigenvalue weighted by Gasteiger charge is -2.20. The smallest absolute Gasteiger partial charge is 0.322 e. The van der Waals surface area contributed by atoms with Crippen LogP contribution in [0.5, 0.6) is 11.8 Å². The first-order valence-corrected chi connectivity index (χ1v) is 6.45. The minimum Gasteiger partial charge on any atom is -0.424 e. The van der Waals surface area contributed by atoms with Crippen molar-refractivity contribution in [1.29, 1.82) is 0 Å². The number of ether oxygens (including phenoxy) is 1. The van der Waals surface area contributed by atoms with Crippen LogP contribution < -0.4 is 4.74 Å². The number of nitrogens with zero attached hydrogens (tertiary/aromatic N) is 2. The quantitative estimate of drug-likeness (QED) is 0.808. The second-order valence-electron chi connectivity index (χ2n) is 5.81. The van der Waals surface area contributed by atoms with E-state index in [4.69, 9.17) is 4.74 Å². The summed E-state index contributed by atoms with van der Waals surface area (Å²) in [5, 5.41) is 0. The maximum atomic E-state index is 5.74. The Bertz CT molecular complexity index is 586. The van der Waals surface area contributed by atoms with E-state index in [1.54, 1.807) is 6.20 Å². The lowest BCUT2D eigenvalue weighted by atomic mass is 9.86. The van der Waals surface area contributed by atoms with Gasteiger partial charge in [0, 0.05) is 11.9 Å². The van der Waals surface area contributed by atoms with Crippen molar-refractivity contribution in [1.82, 2.24) is 9.97 Å². The third-order valence-electron chi connectivity index (χ3n) is 3.01. The molecule has 0 bridgehead atoms.